The molecule has 6 nitrogen and oxygen atoms in total. The first-order chi connectivity index (χ1) is 11.8. The largest absolute Gasteiger partial charge is 0.496 e. The molecule has 7 heteroatoms. The first kappa shape index (κ1) is 24.2. The number of ether oxygens (including phenoxy) is 1. The number of hydrogen-bond acceptors (Lipinski definition) is 4. The van der Waals surface area contributed by atoms with Gasteiger partial charge in [-0.05, 0) is 30.9 Å². The summed E-state index contributed by atoms with van der Waals surface area (Å²) in [5.74, 6) is -0.152. The highest BCUT2D eigenvalue weighted by Crippen LogP contribution is 2.18. The minimum absolute atomic E-state index is 0. The van der Waals surface area contributed by atoms with Gasteiger partial charge in [-0.15, -0.1) is 12.4 Å². The molecular formula is C19H32ClN3O3. The molecule has 26 heavy (non-hydrogen) atoms. The summed E-state index contributed by atoms with van der Waals surface area (Å²) in [4.78, 5) is 25.1. The highest BCUT2D eigenvalue weighted by atomic mass is 35.5. The molecule has 1 aromatic rings. The van der Waals surface area contributed by atoms with Crippen LogP contribution in [0.3, 0.4) is 0 Å². The highest BCUT2D eigenvalue weighted by molar-refractivity contribution is 5.99. The SMILES string of the molecule is CCC(N)(CC)CNC(=O)C(NC(=O)c1ccccc1OC)C(C)C.Cl. The first-order valence-corrected chi connectivity index (χ1v) is 8.78. The van der Waals surface area contributed by atoms with Crippen LogP contribution in [-0.2, 0) is 4.79 Å². The van der Waals surface area contributed by atoms with E-state index in [0.29, 0.717) is 17.9 Å². The molecular weight excluding hydrogens is 354 g/mol. The van der Waals surface area contributed by atoms with Crippen LogP contribution in [0.15, 0.2) is 24.3 Å². The van der Waals surface area contributed by atoms with Gasteiger partial charge >= 0.3 is 0 Å². The Morgan fingerprint density at radius 1 is 1.19 bits per heavy atom. The molecule has 4 N–H and O–H groups in total. The standard InChI is InChI=1S/C19H31N3O3.ClH/c1-6-19(20,7-2)12-21-18(24)16(13(3)4)22-17(23)14-10-8-9-11-15(14)25-5;/h8-11,13,16H,6-7,12,20H2,1-5H3,(H,21,24)(H,22,23);1H. The van der Waals surface area contributed by atoms with Crippen LogP contribution in [0.25, 0.3) is 0 Å². The van der Waals surface area contributed by atoms with Crippen molar-refractivity contribution in [1.29, 1.82) is 0 Å². The molecule has 1 rings (SSSR count). The van der Waals surface area contributed by atoms with Gasteiger partial charge in [-0.3, -0.25) is 9.59 Å². The molecule has 0 aromatic heterocycles. The normalized spacial score (nSPS) is 12.1. The molecule has 0 radical (unpaired) electrons. The molecule has 0 spiro atoms. The van der Waals surface area contributed by atoms with Gasteiger partial charge in [0.05, 0.1) is 12.7 Å². The molecule has 0 heterocycles. The summed E-state index contributed by atoms with van der Waals surface area (Å²) < 4.78 is 5.21. The molecule has 2 amide bonds. The summed E-state index contributed by atoms with van der Waals surface area (Å²) in [5.41, 5.74) is 6.21. The van der Waals surface area contributed by atoms with Crippen LogP contribution in [0.1, 0.15) is 50.9 Å². The second-order valence-corrected chi connectivity index (χ2v) is 6.68. The van der Waals surface area contributed by atoms with Crippen molar-refractivity contribution < 1.29 is 14.3 Å². The number of carbonyl (C=O) groups excluding carboxylic acids is 2. The van der Waals surface area contributed by atoms with Gasteiger partial charge in [0.1, 0.15) is 11.8 Å². The van der Waals surface area contributed by atoms with Crippen molar-refractivity contribution in [2.75, 3.05) is 13.7 Å². The monoisotopic (exact) mass is 385 g/mol. The lowest BCUT2D eigenvalue weighted by atomic mass is 9.94. The fourth-order valence-electron chi connectivity index (χ4n) is 2.46. The van der Waals surface area contributed by atoms with Crippen LogP contribution in [0.2, 0.25) is 0 Å². The number of nitrogens with one attached hydrogen (secondary N) is 2. The Balaban J connectivity index is 0.00000625. The van der Waals surface area contributed by atoms with Gasteiger partial charge in [-0.25, -0.2) is 0 Å². The lowest BCUT2D eigenvalue weighted by Crippen LogP contribution is -2.55. The fourth-order valence-corrected chi connectivity index (χ4v) is 2.46. The van der Waals surface area contributed by atoms with Gasteiger partial charge in [0.15, 0.2) is 0 Å². The number of benzene rings is 1. The van der Waals surface area contributed by atoms with Crippen LogP contribution in [0.5, 0.6) is 5.75 Å². The van der Waals surface area contributed by atoms with Crippen LogP contribution in [0.4, 0.5) is 0 Å². The van der Waals surface area contributed by atoms with Crippen molar-refractivity contribution in [2.24, 2.45) is 11.7 Å². The quantitative estimate of drug-likeness (QED) is 0.608. The van der Waals surface area contributed by atoms with E-state index < -0.39 is 11.6 Å². The Labute approximate surface area is 162 Å². The van der Waals surface area contributed by atoms with Crippen molar-refractivity contribution in [1.82, 2.24) is 10.6 Å². The molecule has 1 aromatic carbocycles. The minimum atomic E-state index is -0.643. The molecule has 1 atom stereocenters. The third kappa shape index (κ3) is 6.50. The van der Waals surface area contributed by atoms with Gasteiger partial charge in [-0.2, -0.15) is 0 Å². The maximum atomic E-state index is 12.6. The van der Waals surface area contributed by atoms with Gasteiger partial charge < -0.3 is 21.1 Å². The van der Waals surface area contributed by atoms with Crippen molar-refractivity contribution in [3.8, 4) is 5.75 Å². The van der Waals surface area contributed by atoms with Crippen molar-refractivity contribution in [3.63, 3.8) is 0 Å². The molecule has 0 saturated carbocycles. The van der Waals surface area contributed by atoms with E-state index in [2.05, 4.69) is 10.6 Å². The summed E-state index contributed by atoms with van der Waals surface area (Å²) in [6.07, 6.45) is 1.54. The second-order valence-electron chi connectivity index (χ2n) is 6.68. The predicted molar refractivity (Wildman–Crippen MR) is 107 cm³/mol. The average molecular weight is 386 g/mol. The van der Waals surface area contributed by atoms with Crippen LogP contribution >= 0.6 is 12.4 Å². The van der Waals surface area contributed by atoms with Crippen LogP contribution in [0, 0.1) is 5.92 Å². The van der Waals surface area contributed by atoms with Gasteiger partial charge in [-0.1, -0.05) is 39.8 Å². The smallest absolute Gasteiger partial charge is 0.255 e. The van der Waals surface area contributed by atoms with Crippen LogP contribution in [-0.4, -0.2) is 37.0 Å². The Kier molecular flexibility index (Phi) is 10.3. The summed E-state index contributed by atoms with van der Waals surface area (Å²) in [7, 11) is 1.51. The average Bonchev–Trinajstić information content (AvgIpc) is 2.63. The molecule has 0 saturated heterocycles. The zero-order chi connectivity index (χ0) is 19.0. The number of nitrogens with two attached hydrogens (primary N) is 1. The molecule has 0 aliphatic heterocycles. The van der Waals surface area contributed by atoms with E-state index in [1.165, 1.54) is 7.11 Å². The fraction of sp³-hybridized carbons (Fsp3) is 0.579. The maximum absolute atomic E-state index is 12.6. The van der Waals surface area contributed by atoms with Crippen molar-refractivity contribution in [3.05, 3.63) is 29.8 Å². The van der Waals surface area contributed by atoms with Gasteiger partial charge in [0.2, 0.25) is 5.91 Å². The van der Waals surface area contributed by atoms with Gasteiger partial charge in [0, 0.05) is 12.1 Å². The summed E-state index contributed by atoms with van der Waals surface area (Å²) in [6, 6.07) is 6.29. The van der Waals surface area contributed by atoms with E-state index in [-0.39, 0.29) is 30.1 Å². The molecule has 0 aliphatic rings. The minimum Gasteiger partial charge on any atom is -0.496 e. The number of rotatable bonds is 9. The topological polar surface area (TPSA) is 93.5 Å². The molecule has 0 bridgehead atoms. The van der Waals surface area contributed by atoms with E-state index in [9.17, 15) is 9.59 Å². The molecule has 1 unspecified atom stereocenters. The highest BCUT2D eigenvalue weighted by Gasteiger charge is 2.28. The first-order valence-electron chi connectivity index (χ1n) is 8.78. The van der Waals surface area contributed by atoms with Crippen molar-refractivity contribution in [2.45, 2.75) is 52.1 Å². The lowest BCUT2D eigenvalue weighted by Gasteiger charge is -2.29. The maximum Gasteiger partial charge on any atom is 0.255 e. The zero-order valence-electron chi connectivity index (χ0n) is 16.3. The predicted octanol–water partition coefficient (Wildman–Crippen LogP) is 2.51. The second kappa shape index (κ2) is 11.0. The third-order valence-electron chi connectivity index (χ3n) is 4.61. The Morgan fingerprint density at radius 2 is 1.77 bits per heavy atom. The molecule has 0 fully saturated rings. The Hall–Kier alpha value is -1.79. The Morgan fingerprint density at radius 3 is 2.27 bits per heavy atom. The summed E-state index contributed by atoms with van der Waals surface area (Å²) >= 11 is 0. The number of amides is 2. The third-order valence-corrected chi connectivity index (χ3v) is 4.61. The van der Waals surface area contributed by atoms with Crippen LogP contribution < -0.4 is 21.1 Å². The number of hydrogen-bond donors (Lipinski definition) is 3. The van der Waals surface area contributed by atoms with Gasteiger partial charge in [0.25, 0.3) is 5.91 Å². The van der Waals surface area contributed by atoms with E-state index in [0.717, 1.165) is 12.8 Å². The Bertz CT molecular complexity index is 589. The number of carbonyl (C=O) groups is 2. The van der Waals surface area contributed by atoms with Crippen molar-refractivity contribution >= 4 is 24.2 Å². The lowest BCUT2D eigenvalue weighted by molar-refractivity contribution is -0.124. The number of methoxy groups -OCH3 is 1. The van der Waals surface area contributed by atoms with E-state index in [1.807, 2.05) is 27.7 Å². The van der Waals surface area contributed by atoms with E-state index >= 15 is 0 Å². The summed E-state index contributed by atoms with van der Waals surface area (Å²) in [6.45, 7) is 8.16. The van der Waals surface area contributed by atoms with E-state index in [4.69, 9.17) is 10.5 Å². The molecule has 0 aliphatic carbocycles. The number of para-hydroxylation sites is 1. The van der Waals surface area contributed by atoms with E-state index in [1.54, 1.807) is 24.3 Å². The summed E-state index contributed by atoms with van der Waals surface area (Å²) in [5, 5.41) is 5.69. The molecule has 148 valence electrons. The number of halogens is 1. The zero-order valence-corrected chi connectivity index (χ0v) is 17.1.